The number of nitrogens with one attached hydrogen (secondary N) is 2. The van der Waals surface area contributed by atoms with E-state index in [1.165, 1.54) is 18.2 Å². The maximum absolute atomic E-state index is 13.0. The van der Waals surface area contributed by atoms with E-state index in [9.17, 15) is 18.4 Å². The van der Waals surface area contributed by atoms with Gasteiger partial charge in [0.1, 0.15) is 0 Å². The first-order valence-corrected chi connectivity index (χ1v) is 8.30. The number of anilines is 1. The molecule has 9 heteroatoms. The van der Waals surface area contributed by atoms with Crippen LogP contribution < -0.4 is 14.8 Å². The van der Waals surface area contributed by atoms with Gasteiger partial charge in [-0.15, -0.1) is 8.78 Å². The molecule has 0 saturated carbocycles. The summed E-state index contributed by atoms with van der Waals surface area (Å²) in [5, 5.41) is 3.34. The van der Waals surface area contributed by atoms with E-state index in [1.54, 1.807) is 6.20 Å². The van der Waals surface area contributed by atoms with Crippen molar-refractivity contribution in [1.82, 2.24) is 4.98 Å². The fourth-order valence-electron chi connectivity index (χ4n) is 2.85. The average Bonchev–Trinajstić information content (AvgIpc) is 3.19. The minimum Gasteiger partial charge on any atom is -0.455 e. The third-order valence-electron chi connectivity index (χ3n) is 4.06. The second-order valence-electron chi connectivity index (χ2n) is 6.07. The van der Waals surface area contributed by atoms with Crippen LogP contribution >= 0.6 is 0 Å². The number of amides is 1. The van der Waals surface area contributed by atoms with Crippen molar-refractivity contribution in [3.63, 3.8) is 0 Å². The number of halogens is 2. The number of para-hydroxylation sites is 1. The molecule has 0 saturated heterocycles. The number of esters is 1. The number of aromatic amines is 1. The molecule has 0 aliphatic carbocycles. The third-order valence-corrected chi connectivity index (χ3v) is 4.06. The number of benzene rings is 2. The van der Waals surface area contributed by atoms with Crippen LogP contribution in [0, 0.1) is 0 Å². The highest BCUT2D eigenvalue weighted by atomic mass is 19.3. The first-order chi connectivity index (χ1) is 13.4. The summed E-state index contributed by atoms with van der Waals surface area (Å²) in [5.74, 6) is -1.50. The van der Waals surface area contributed by atoms with Gasteiger partial charge in [-0.3, -0.25) is 9.59 Å². The average molecular weight is 388 g/mol. The van der Waals surface area contributed by atoms with Gasteiger partial charge in [-0.05, 0) is 23.8 Å². The summed E-state index contributed by atoms with van der Waals surface area (Å²) >= 11 is 0. The van der Waals surface area contributed by atoms with Gasteiger partial charge in [0.15, 0.2) is 18.1 Å². The number of H-pyrrole nitrogens is 1. The van der Waals surface area contributed by atoms with Crippen LogP contribution in [0.2, 0.25) is 0 Å². The summed E-state index contributed by atoms with van der Waals surface area (Å²) in [4.78, 5) is 27.0. The van der Waals surface area contributed by atoms with Crippen LogP contribution in [0.25, 0.3) is 10.9 Å². The topological polar surface area (TPSA) is 89.7 Å². The Morgan fingerprint density at radius 1 is 1.11 bits per heavy atom. The van der Waals surface area contributed by atoms with Crippen molar-refractivity contribution in [2.75, 3.05) is 11.9 Å². The second kappa shape index (κ2) is 6.84. The van der Waals surface area contributed by atoms with E-state index in [0.29, 0.717) is 0 Å². The van der Waals surface area contributed by atoms with Crippen molar-refractivity contribution in [3.8, 4) is 11.5 Å². The van der Waals surface area contributed by atoms with Crippen LogP contribution in [0.15, 0.2) is 48.7 Å². The zero-order valence-corrected chi connectivity index (χ0v) is 14.3. The van der Waals surface area contributed by atoms with Gasteiger partial charge in [0.25, 0.3) is 5.91 Å². The largest absolute Gasteiger partial charge is 0.586 e. The molecule has 1 aliphatic rings. The number of ether oxygens (including phenoxy) is 3. The highest BCUT2D eigenvalue weighted by Gasteiger charge is 2.43. The summed E-state index contributed by atoms with van der Waals surface area (Å²) in [6.07, 6.45) is -2.01. The van der Waals surface area contributed by atoms with Crippen molar-refractivity contribution in [2.24, 2.45) is 0 Å². The van der Waals surface area contributed by atoms with Gasteiger partial charge in [-0.2, -0.15) is 0 Å². The van der Waals surface area contributed by atoms with Crippen LogP contribution in [-0.2, 0) is 20.7 Å². The Morgan fingerprint density at radius 2 is 1.89 bits per heavy atom. The minimum atomic E-state index is -3.73. The van der Waals surface area contributed by atoms with Gasteiger partial charge in [-0.25, -0.2) is 0 Å². The quantitative estimate of drug-likeness (QED) is 0.655. The summed E-state index contributed by atoms with van der Waals surface area (Å²) in [7, 11) is 0. The van der Waals surface area contributed by atoms with Crippen molar-refractivity contribution < 1.29 is 32.6 Å². The van der Waals surface area contributed by atoms with Crippen LogP contribution in [0.3, 0.4) is 0 Å². The number of alkyl halides is 2. The zero-order chi connectivity index (χ0) is 19.7. The van der Waals surface area contributed by atoms with E-state index in [1.807, 2.05) is 24.3 Å². The van der Waals surface area contributed by atoms with Crippen LogP contribution in [-0.4, -0.2) is 29.8 Å². The van der Waals surface area contributed by atoms with Crippen molar-refractivity contribution in [2.45, 2.75) is 12.7 Å². The number of hydrogen-bond acceptors (Lipinski definition) is 5. The molecule has 28 heavy (non-hydrogen) atoms. The molecule has 0 unspecified atom stereocenters. The predicted octanol–water partition coefficient (Wildman–Crippen LogP) is 3.21. The lowest BCUT2D eigenvalue weighted by Gasteiger charge is -2.07. The van der Waals surface area contributed by atoms with Gasteiger partial charge in [0.05, 0.1) is 6.42 Å². The van der Waals surface area contributed by atoms with E-state index in [2.05, 4.69) is 19.8 Å². The first-order valence-electron chi connectivity index (χ1n) is 8.30. The molecule has 2 heterocycles. The molecule has 144 valence electrons. The van der Waals surface area contributed by atoms with Gasteiger partial charge < -0.3 is 24.5 Å². The molecule has 1 amide bonds. The third kappa shape index (κ3) is 3.73. The molecule has 1 aliphatic heterocycles. The Balaban J connectivity index is 1.31. The van der Waals surface area contributed by atoms with E-state index in [-0.39, 0.29) is 23.6 Å². The van der Waals surface area contributed by atoms with E-state index in [4.69, 9.17) is 4.74 Å². The van der Waals surface area contributed by atoms with Crippen LogP contribution in [0.1, 0.15) is 5.56 Å². The molecule has 2 N–H and O–H groups in total. The standard InChI is InChI=1S/C19H14F2N2O5/c20-19(21)27-15-6-5-12(8-16(15)28-19)23-17(24)10-26-18(25)7-11-9-22-14-4-2-1-3-13(11)14/h1-6,8-9,22H,7,10H2,(H,23,24). The number of hydrogen-bond donors (Lipinski definition) is 2. The van der Waals surface area contributed by atoms with Crippen molar-refractivity contribution in [3.05, 3.63) is 54.2 Å². The number of carbonyl (C=O) groups excluding carboxylic acids is 2. The maximum Gasteiger partial charge on any atom is 0.586 e. The first kappa shape index (κ1) is 17.8. The molecule has 0 radical (unpaired) electrons. The predicted molar refractivity (Wildman–Crippen MR) is 94.2 cm³/mol. The molecule has 1 aromatic heterocycles. The van der Waals surface area contributed by atoms with Crippen LogP contribution in [0.5, 0.6) is 11.5 Å². The number of rotatable bonds is 5. The number of carbonyl (C=O) groups is 2. The molecule has 0 spiro atoms. The van der Waals surface area contributed by atoms with Crippen molar-refractivity contribution in [1.29, 1.82) is 0 Å². The van der Waals surface area contributed by atoms with Gasteiger partial charge in [0, 0.05) is 28.9 Å². The summed E-state index contributed by atoms with van der Waals surface area (Å²) in [6, 6.07) is 11.3. The number of fused-ring (bicyclic) bond motifs is 2. The Bertz CT molecular complexity index is 1060. The summed E-state index contributed by atoms with van der Waals surface area (Å²) in [6.45, 7) is -0.508. The summed E-state index contributed by atoms with van der Waals surface area (Å²) in [5.41, 5.74) is 1.87. The van der Waals surface area contributed by atoms with Crippen molar-refractivity contribution >= 4 is 28.5 Å². The minimum absolute atomic E-state index is 0.0103. The molecular weight excluding hydrogens is 374 g/mol. The van der Waals surface area contributed by atoms with E-state index >= 15 is 0 Å². The fourth-order valence-corrected chi connectivity index (χ4v) is 2.85. The second-order valence-corrected chi connectivity index (χ2v) is 6.07. The van der Waals surface area contributed by atoms with Gasteiger partial charge in [-0.1, -0.05) is 18.2 Å². The Hall–Kier alpha value is -3.62. The normalized spacial score (nSPS) is 14.1. The monoisotopic (exact) mass is 388 g/mol. The van der Waals surface area contributed by atoms with Gasteiger partial charge in [0.2, 0.25) is 0 Å². The summed E-state index contributed by atoms with van der Waals surface area (Å²) < 4.78 is 39.6. The Kier molecular flexibility index (Phi) is 4.34. The highest BCUT2D eigenvalue weighted by Crippen LogP contribution is 2.42. The lowest BCUT2D eigenvalue weighted by atomic mass is 10.1. The Labute approximate surface area is 157 Å². The zero-order valence-electron chi connectivity index (χ0n) is 14.3. The molecule has 0 bridgehead atoms. The molecule has 4 rings (SSSR count). The highest BCUT2D eigenvalue weighted by molar-refractivity contribution is 5.93. The molecule has 2 aromatic carbocycles. The number of aromatic nitrogens is 1. The molecular formula is C19H14F2N2O5. The molecule has 7 nitrogen and oxygen atoms in total. The molecule has 0 atom stereocenters. The fraction of sp³-hybridized carbons (Fsp3) is 0.158. The lowest BCUT2D eigenvalue weighted by molar-refractivity contribution is -0.286. The maximum atomic E-state index is 13.0. The van der Waals surface area contributed by atoms with Gasteiger partial charge >= 0.3 is 12.3 Å². The Morgan fingerprint density at radius 3 is 2.75 bits per heavy atom. The molecule has 0 fully saturated rings. The molecule has 3 aromatic rings. The van der Waals surface area contributed by atoms with E-state index < -0.39 is 24.8 Å². The lowest BCUT2D eigenvalue weighted by Crippen LogP contribution is -2.25. The SMILES string of the molecule is O=C(COC(=O)Cc1c[nH]c2ccccc12)Nc1ccc2c(c1)OC(F)(F)O2. The van der Waals surface area contributed by atoms with E-state index in [0.717, 1.165) is 16.5 Å². The van der Waals surface area contributed by atoms with Crippen LogP contribution in [0.4, 0.5) is 14.5 Å². The smallest absolute Gasteiger partial charge is 0.455 e.